The van der Waals surface area contributed by atoms with E-state index in [2.05, 4.69) is 30.9 Å². The smallest absolute Gasteiger partial charge is 0.227 e. The van der Waals surface area contributed by atoms with Gasteiger partial charge in [-0.2, -0.15) is 10.5 Å². The van der Waals surface area contributed by atoms with Crippen LogP contribution in [0.25, 0.3) is 28.1 Å². The Morgan fingerprint density at radius 1 is 1.30 bits per heavy atom. The molecule has 2 aromatic heterocycles. The molecule has 0 spiro atoms. The van der Waals surface area contributed by atoms with Crippen molar-refractivity contribution in [2.75, 3.05) is 12.4 Å². The Labute approximate surface area is 153 Å². The topological polar surface area (TPSA) is 126 Å². The fourth-order valence-corrected chi connectivity index (χ4v) is 2.47. The number of hydrogen-bond acceptors (Lipinski definition) is 8. The molecule has 2 aromatic carbocycles. The molecular formula is C18H13N7O2. The number of aromatic nitrogens is 5. The van der Waals surface area contributed by atoms with Crippen molar-refractivity contribution in [3.63, 3.8) is 0 Å². The molecule has 9 heteroatoms. The summed E-state index contributed by atoms with van der Waals surface area (Å²) in [6, 6.07) is 15.0. The number of hydrogen-bond donors (Lipinski definition) is 2. The lowest BCUT2D eigenvalue weighted by Crippen LogP contribution is -1.92. The molecule has 0 aliphatic heterocycles. The highest BCUT2D eigenvalue weighted by Gasteiger charge is 2.10. The quantitative estimate of drug-likeness (QED) is 0.521. The van der Waals surface area contributed by atoms with Crippen LogP contribution < -0.4 is 10.1 Å². The summed E-state index contributed by atoms with van der Waals surface area (Å²) in [4.78, 5) is 4.50. The summed E-state index contributed by atoms with van der Waals surface area (Å²) in [5, 5.41) is 25.6. The van der Waals surface area contributed by atoms with Gasteiger partial charge in [0, 0.05) is 23.5 Å². The standard InChI is InChI=1S/C18H13N7O2/c1-26-14-4-2-3-11(7-14)18-21-15-6-5-13(8-16(15)27-18)20-10-12(9-19)17-22-24-25-23-17/h2-8,10,20H,1H3,(H,22,23,24,25). The Morgan fingerprint density at radius 2 is 2.22 bits per heavy atom. The van der Waals surface area contributed by atoms with Crippen molar-refractivity contribution >= 4 is 22.4 Å². The Kier molecular flexibility index (Phi) is 4.20. The van der Waals surface area contributed by atoms with Gasteiger partial charge in [-0.25, -0.2) is 4.98 Å². The van der Waals surface area contributed by atoms with Crippen LogP contribution in [0.1, 0.15) is 5.82 Å². The van der Waals surface area contributed by atoms with E-state index in [0.29, 0.717) is 11.5 Å². The van der Waals surface area contributed by atoms with Crippen molar-refractivity contribution in [1.82, 2.24) is 25.6 Å². The zero-order chi connectivity index (χ0) is 18.6. The van der Waals surface area contributed by atoms with Gasteiger partial charge in [-0.3, -0.25) is 0 Å². The number of aromatic amines is 1. The molecule has 0 unspecified atom stereocenters. The fraction of sp³-hybridized carbons (Fsp3) is 0.0556. The molecule has 0 saturated carbocycles. The first-order valence-corrected chi connectivity index (χ1v) is 7.92. The minimum atomic E-state index is 0.214. The maximum atomic E-state index is 9.20. The van der Waals surface area contributed by atoms with E-state index in [4.69, 9.17) is 9.15 Å². The first kappa shape index (κ1) is 16.3. The van der Waals surface area contributed by atoms with Crippen molar-refractivity contribution in [3.8, 4) is 23.3 Å². The van der Waals surface area contributed by atoms with Crippen molar-refractivity contribution in [1.29, 1.82) is 5.26 Å². The minimum Gasteiger partial charge on any atom is -0.497 e. The number of H-pyrrole nitrogens is 1. The molecule has 9 nitrogen and oxygen atoms in total. The van der Waals surface area contributed by atoms with Gasteiger partial charge >= 0.3 is 0 Å². The zero-order valence-electron chi connectivity index (χ0n) is 14.2. The van der Waals surface area contributed by atoms with Crippen LogP contribution in [0.15, 0.2) is 53.1 Å². The molecule has 0 radical (unpaired) electrons. The molecule has 2 heterocycles. The lowest BCUT2D eigenvalue weighted by Gasteiger charge is -2.00. The van der Waals surface area contributed by atoms with Crippen LogP contribution in [-0.2, 0) is 0 Å². The Morgan fingerprint density at radius 3 is 3.00 bits per heavy atom. The van der Waals surface area contributed by atoms with Gasteiger partial charge in [0.15, 0.2) is 5.58 Å². The largest absolute Gasteiger partial charge is 0.497 e. The van der Waals surface area contributed by atoms with Gasteiger partial charge in [0.2, 0.25) is 11.7 Å². The Bertz CT molecular complexity index is 1160. The zero-order valence-corrected chi connectivity index (χ0v) is 14.2. The molecule has 4 rings (SSSR count). The number of nitriles is 1. The molecular weight excluding hydrogens is 346 g/mol. The lowest BCUT2D eigenvalue weighted by molar-refractivity contribution is 0.415. The normalized spacial score (nSPS) is 11.3. The molecule has 0 saturated heterocycles. The van der Waals surface area contributed by atoms with Gasteiger partial charge in [0.25, 0.3) is 0 Å². The molecule has 132 valence electrons. The molecule has 0 bridgehead atoms. The minimum absolute atomic E-state index is 0.214. The summed E-state index contributed by atoms with van der Waals surface area (Å²) >= 11 is 0. The number of methoxy groups -OCH3 is 1. The number of benzene rings is 2. The SMILES string of the molecule is COc1cccc(-c2nc3ccc(NC=C(C#N)c4nn[nH]n4)cc3o2)c1. The number of rotatable bonds is 5. The molecule has 0 fully saturated rings. The number of oxazole rings is 1. The third kappa shape index (κ3) is 3.32. The van der Waals surface area contributed by atoms with E-state index in [9.17, 15) is 5.26 Å². The maximum absolute atomic E-state index is 9.20. The van der Waals surface area contributed by atoms with Crippen molar-refractivity contribution in [2.24, 2.45) is 0 Å². The highest BCUT2D eigenvalue weighted by Crippen LogP contribution is 2.28. The summed E-state index contributed by atoms with van der Waals surface area (Å²) in [5.41, 5.74) is 3.14. The maximum Gasteiger partial charge on any atom is 0.227 e. The number of ether oxygens (including phenoxy) is 1. The van der Waals surface area contributed by atoms with E-state index < -0.39 is 0 Å². The summed E-state index contributed by atoms with van der Waals surface area (Å²) < 4.78 is 11.1. The predicted molar refractivity (Wildman–Crippen MR) is 97.4 cm³/mol. The van der Waals surface area contributed by atoms with Gasteiger partial charge in [-0.15, -0.1) is 10.2 Å². The molecule has 0 aliphatic carbocycles. The number of anilines is 1. The van der Waals surface area contributed by atoms with E-state index in [1.54, 1.807) is 13.2 Å². The third-order valence-electron chi connectivity index (χ3n) is 3.79. The molecule has 27 heavy (non-hydrogen) atoms. The van der Waals surface area contributed by atoms with Crippen LogP contribution in [-0.4, -0.2) is 32.7 Å². The van der Waals surface area contributed by atoms with E-state index in [0.717, 1.165) is 22.5 Å². The molecule has 2 N–H and O–H groups in total. The van der Waals surface area contributed by atoms with Crippen LogP contribution in [0.5, 0.6) is 5.75 Å². The van der Waals surface area contributed by atoms with Crippen molar-refractivity contribution in [2.45, 2.75) is 0 Å². The van der Waals surface area contributed by atoms with Crippen LogP contribution in [0.4, 0.5) is 5.69 Å². The summed E-state index contributed by atoms with van der Waals surface area (Å²) in [5.74, 6) is 1.44. The van der Waals surface area contributed by atoms with Crippen LogP contribution in [0.2, 0.25) is 0 Å². The van der Waals surface area contributed by atoms with E-state index in [-0.39, 0.29) is 11.4 Å². The van der Waals surface area contributed by atoms with Crippen molar-refractivity contribution < 1.29 is 9.15 Å². The summed E-state index contributed by atoms with van der Waals surface area (Å²) in [6.07, 6.45) is 1.51. The number of nitrogens with one attached hydrogen (secondary N) is 2. The van der Waals surface area contributed by atoms with Gasteiger partial charge in [-0.05, 0) is 35.5 Å². The second kappa shape index (κ2) is 6.97. The average molecular weight is 359 g/mol. The van der Waals surface area contributed by atoms with E-state index in [1.165, 1.54) is 6.20 Å². The average Bonchev–Trinajstić information content (AvgIpc) is 3.38. The third-order valence-corrected chi connectivity index (χ3v) is 3.79. The van der Waals surface area contributed by atoms with Crippen LogP contribution in [0.3, 0.4) is 0 Å². The monoisotopic (exact) mass is 359 g/mol. The molecule has 0 atom stereocenters. The van der Waals surface area contributed by atoms with Gasteiger partial charge in [0.1, 0.15) is 22.9 Å². The number of tetrazole rings is 1. The Balaban J connectivity index is 1.62. The number of allylic oxidation sites excluding steroid dienone is 1. The van der Waals surface area contributed by atoms with Gasteiger partial charge in [0.05, 0.1) is 7.11 Å². The second-order valence-electron chi connectivity index (χ2n) is 5.48. The van der Waals surface area contributed by atoms with Crippen LogP contribution >= 0.6 is 0 Å². The highest BCUT2D eigenvalue weighted by molar-refractivity contribution is 5.81. The summed E-state index contributed by atoms with van der Waals surface area (Å²) in [7, 11) is 1.61. The fourth-order valence-electron chi connectivity index (χ4n) is 2.47. The lowest BCUT2D eigenvalue weighted by atomic mass is 10.2. The number of nitrogens with zero attached hydrogens (tertiary/aromatic N) is 5. The highest BCUT2D eigenvalue weighted by atomic mass is 16.5. The van der Waals surface area contributed by atoms with Gasteiger partial charge in [-0.1, -0.05) is 6.07 Å². The second-order valence-corrected chi connectivity index (χ2v) is 5.48. The molecule has 0 aliphatic rings. The number of fused-ring (bicyclic) bond motifs is 1. The first-order valence-electron chi connectivity index (χ1n) is 7.92. The predicted octanol–water partition coefficient (Wildman–Crippen LogP) is 2.99. The molecule has 0 amide bonds. The van der Waals surface area contributed by atoms with E-state index in [1.807, 2.05) is 42.5 Å². The van der Waals surface area contributed by atoms with Crippen LogP contribution in [0, 0.1) is 11.3 Å². The van der Waals surface area contributed by atoms with Crippen molar-refractivity contribution in [3.05, 3.63) is 54.5 Å². The molecule has 4 aromatic rings. The van der Waals surface area contributed by atoms with Gasteiger partial charge < -0.3 is 14.5 Å². The Hall–Kier alpha value is -4.19. The summed E-state index contributed by atoms with van der Waals surface area (Å²) in [6.45, 7) is 0. The van der Waals surface area contributed by atoms with E-state index >= 15 is 0 Å². The first-order chi connectivity index (χ1) is 13.3.